The number of amides is 2. The summed E-state index contributed by atoms with van der Waals surface area (Å²) in [7, 11) is 1.57. The molecule has 0 radical (unpaired) electrons. The lowest BCUT2D eigenvalue weighted by atomic mass is 10.3. The number of rotatable bonds is 7. The van der Waals surface area contributed by atoms with Gasteiger partial charge < -0.3 is 10.2 Å². The van der Waals surface area contributed by atoms with Gasteiger partial charge in [-0.15, -0.1) is 11.8 Å². The third-order valence-electron chi connectivity index (χ3n) is 3.52. The van der Waals surface area contributed by atoms with Crippen molar-refractivity contribution in [2.45, 2.75) is 17.1 Å². The number of para-hydroxylation sites is 1. The first-order valence-corrected chi connectivity index (χ1v) is 8.76. The molecule has 2 aromatic carbocycles. The lowest BCUT2D eigenvalue weighted by Crippen LogP contribution is -2.38. The molecule has 2 aromatic rings. The van der Waals surface area contributed by atoms with Crippen LogP contribution < -0.4 is 5.32 Å². The number of benzene rings is 2. The van der Waals surface area contributed by atoms with Gasteiger partial charge in [0.1, 0.15) is 0 Å². The third-order valence-corrected chi connectivity index (χ3v) is 4.62. The van der Waals surface area contributed by atoms with E-state index < -0.39 is 10.2 Å². The van der Waals surface area contributed by atoms with Gasteiger partial charge in [0.2, 0.25) is 11.8 Å². The van der Waals surface area contributed by atoms with Crippen molar-refractivity contribution in [3.8, 4) is 0 Å². The van der Waals surface area contributed by atoms with E-state index in [1.807, 2.05) is 18.2 Å². The quantitative estimate of drug-likeness (QED) is 0.457. The normalized spacial score (nSPS) is 11.5. The number of anilines is 1. The van der Waals surface area contributed by atoms with Crippen molar-refractivity contribution in [1.82, 2.24) is 4.90 Å². The molecule has 1 N–H and O–H groups in total. The summed E-state index contributed by atoms with van der Waals surface area (Å²) in [6.07, 6.45) is 0. The number of nitrogens with one attached hydrogen (secondary N) is 1. The second kappa shape index (κ2) is 9.00. The molecule has 26 heavy (non-hydrogen) atoms. The lowest BCUT2D eigenvalue weighted by molar-refractivity contribution is -0.384. The molecule has 2 amide bonds. The van der Waals surface area contributed by atoms with E-state index in [-0.39, 0.29) is 24.0 Å². The van der Waals surface area contributed by atoms with E-state index in [0.29, 0.717) is 5.69 Å². The fourth-order valence-electron chi connectivity index (χ4n) is 2.23. The van der Waals surface area contributed by atoms with Gasteiger partial charge in [0.05, 0.1) is 16.7 Å². The molecular weight excluding hydrogens is 354 g/mol. The minimum Gasteiger partial charge on any atom is -0.335 e. The maximum absolute atomic E-state index is 12.4. The van der Waals surface area contributed by atoms with Crippen molar-refractivity contribution in [3.63, 3.8) is 0 Å². The van der Waals surface area contributed by atoms with Crippen LogP contribution in [0.1, 0.15) is 6.92 Å². The number of likely N-dealkylation sites (N-methyl/N-ethyl adjacent to an activating group) is 1. The third kappa shape index (κ3) is 5.59. The van der Waals surface area contributed by atoms with Crippen LogP contribution >= 0.6 is 11.8 Å². The van der Waals surface area contributed by atoms with Crippen molar-refractivity contribution < 1.29 is 14.5 Å². The molecule has 0 heterocycles. The van der Waals surface area contributed by atoms with Gasteiger partial charge in [0.25, 0.3) is 5.69 Å². The second-order valence-corrected chi connectivity index (χ2v) is 7.03. The minimum atomic E-state index is -0.470. The number of nitro benzene ring substituents is 1. The Balaban J connectivity index is 1.88. The number of carbonyl (C=O) groups is 2. The summed E-state index contributed by atoms with van der Waals surface area (Å²) in [5.74, 6) is -0.476. The first kappa shape index (κ1) is 19.5. The Hall–Kier alpha value is -2.87. The second-order valence-electron chi connectivity index (χ2n) is 5.62. The maximum atomic E-state index is 12.4. The van der Waals surface area contributed by atoms with Crippen LogP contribution in [0.25, 0.3) is 0 Å². The highest BCUT2D eigenvalue weighted by atomic mass is 32.2. The molecule has 0 aliphatic carbocycles. The number of hydrogen-bond acceptors (Lipinski definition) is 5. The first-order valence-electron chi connectivity index (χ1n) is 7.88. The van der Waals surface area contributed by atoms with Gasteiger partial charge in [0, 0.05) is 29.8 Å². The molecule has 2 rings (SSSR count). The molecule has 136 valence electrons. The molecule has 0 saturated heterocycles. The van der Waals surface area contributed by atoms with E-state index in [4.69, 9.17) is 0 Å². The van der Waals surface area contributed by atoms with Crippen LogP contribution in [0.4, 0.5) is 11.4 Å². The predicted octanol–water partition coefficient (Wildman–Crippen LogP) is 3.17. The average Bonchev–Trinajstić information content (AvgIpc) is 2.62. The largest absolute Gasteiger partial charge is 0.335 e. The summed E-state index contributed by atoms with van der Waals surface area (Å²) in [6, 6.07) is 15.0. The Morgan fingerprint density at radius 2 is 1.77 bits per heavy atom. The highest BCUT2D eigenvalue weighted by molar-refractivity contribution is 8.00. The number of nitro groups is 1. The average molecular weight is 373 g/mol. The van der Waals surface area contributed by atoms with Gasteiger partial charge in [-0.05, 0) is 31.2 Å². The van der Waals surface area contributed by atoms with Crippen molar-refractivity contribution in [2.24, 2.45) is 0 Å². The van der Waals surface area contributed by atoms with Gasteiger partial charge in [-0.3, -0.25) is 19.7 Å². The zero-order valence-corrected chi connectivity index (χ0v) is 15.2. The van der Waals surface area contributed by atoms with E-state index in [2.05, 4.69) is 5.32 Å². The Morgan fingerprint density at radius 3 is 2.35 bits per heavy atom. The molecular formula is C18H19N3O4S. The number of nitrogens with zero attached hydrogens (tertiary/aromatic N) is 2. The van der Waals surface area contributed by atoms with Crippen LogP contribution in [0.5, 0.6) is 0 Å². The van der Waals surface area contributed by atoms with Gasteiger partial charge in [0.15, 0.2) is 0 Å². The van der Waals surface area contributed by atoms with E-state index in [1.54, 1.807) is 38.2 Å². The number of carbonyl (C=O) groups excluding carboxylic acids is 2. The standard InChI is InChI=1S/C18H19N3O4S/c1-13(26-16-10-8-15(9-11-16)21(24)25)18(23)20(2)12-17(22)19-14-6-4-3-5-7-14/h3-11,13H,12H2,1-2H3,(H,19,22). The predicted molar refractivity (Wildman–Crippen MR) is 101 cm³/mol. The SMILES string of the molecule is CC(Sc1ccc([N+](=O)[O-])cc1)C(=O)N(C)CC(=O)Nc1ccccc1. The smallest absolute Gasteiger partial charge is 0.269 e. The van der Waals surface area contributed by atoms with Crippen LogP contribution in [0.2, 0.25) is 0 Å². The zero-order valence-electron chi connectivity index (χ0n) is 14.4. The molecule has 0 aliphatic rings. The molecule has 0 saturated carbocycles. The summed E-state index contributed by atoms with van der Waals surface area (Å²) in [5.41, 5.74) is 0.676. The molecule has 1 unspecified atom stereocenters. The van der Waals surface area contributed by atoms with Crippen LogP contribution in [-0.2, 0) is 9.59 Å². The van der Waals surface area contributed by atoms with Crippen LogP contribution in [0.15, 0.2) is 59.5 Å². The zero-order chi connectivity index (χ0) is 19.1. The van der Waals surface area contributed by atoms with Gasteiger partial charge in [-0.2, -0.15) is 0 Å². The molecule has 0 aliphatic heterocycles. The molecule has 8 heteroatoms. The van der Waals surface area contributed by atoms with Gasteiger partial charge in [-0.25, -0.2) is 0 Å². The number of hydrogen-bond donors (Lipinski definition) is 1. The van der Waals surface area contributed by atoms with Crippen LogP contribution in [-0.4, -0.2) is 40.5 Å². The Bertz CT molecular complexity index is 781. The van der Waals surface area contributed by atoms with Crippen molar-refractivity contribution in [2.75, 3.05) is 18.9 Å². The van der Waals surface area contributed by atoms with Crippen molar-refractivity contribution in [1.29, 1.82) is 0 Å². The number of thioether (sulfide) groups is 1. The fourth-order valence-corrected chi connectivity index (χ4v) is 3.21. The Kier molecular flexibility index (Phi) is 6.74. The highest BCUT2D eigenvalue weighted by Crippen LogP contribution is 2.26. The molecule has 1 atom stereocenters. The Morgan fingerprint density at radius 1 is 1.15 bits per heavy atom. The summed E-state index contributed by atoms with van der Waals surface area (Å²) in [6.45, 7) is 1.68. The maximum Gasteiger partial charge on any atom is 0.269 e. The van der Waals surface area contributed by atoms with E-state index in [1.165, 1.54) is 28.8 Å². The van der Waals surface area contributed by atoms with Gasteiger partial charge >= 0.3 is 0 Å². The Labute approximate surface area is 155 Å². The van der Waals surface area contributed by atoms with Crippen LogP contribution in [0, 0.1) is 10.1 Å². The van der Waals surface area contributed by atoms with Crippen LogP contribution in [0.3, 0.4) is 0 Å². The highest BCUT2D eigenvalue weighted by Gasteiger charge is 2.21. The summed E-state index contributed by atoms with van der Waals surface area (Å²) < 4.78 is 0. The van der Waals surface area contributed by atoms with Crippen molar-refractivity contribution in [3.05, 3.63) is 64.7 Å². The molecule has 7 nitrogen and oxygen atoms in total. The topological polar surface area (TPSA) is 92.6 Å². The van der Waals surface area contributed by atoms with Gasteiger partial charge in [-0.1, -0.05) is 18.2 Å². The minimum absolute atomic E-state index is 0.00281. The first-order chi connectivity index (χ1) is 12.4. The van der Waals surface area contributed by atoms with Crippen molar-refractivity contribution >= 4 is 35.0 Å². The fraction of sp³-hybridized carbons (Fsp3) is 0.222. The molecule has 0 fully saturated rings. The molecule has 0 spiro atoms. The molecule has 0 aromatic heterocycles. The van der Waals surface area contributed by atoms with E-state index in [9.17, 15) is 19.7 Å². The summed E-state index contributed by atoms with van der Waals surface area (Å²) in [5, 5.41) is 13.0. The lowest BCUT2D eigenvalue weighted by Gasteiger charge is -2.20. The van der Waals surface area contributed by atoms with E-state index in [0.717, 1.165) is 4.90 Å². The van der Waals surface area contributed by atoms with E-state index >= 15 is 0 Å². The number of non-ortho nitro benzene ring substituents is 1. The monoisotopic (exact) mass is 373 g/mol. The summed E-state index contributed by atoms with van der Waals surface area (Å²) >= 11 is 1.29. The summed E-state index contributed by atoms with van der Waals surface area (Å²) in [4.78, 5) is 36.8. The molecule has 0 bridgehead atoms.